The second-order valence-electron chi connectivity index (χ2n) is 6.62. The molecule has 2 unspecified atom stereocenters. The molecule has 0 aliphatic carbocycles. The minimum Gasteiger partial charge on any atom is -0.480 e. The molecule has 2 atom stereocenters. The number of aliphatic carboxylic acids is 1. The molecule has 4 heteroatoms. The molecule has 1 N–H and O–H groups in total. The Morgan fingerprint density at radius 2 is 1.67 bits per heavy atom. The second-order valence-corrected chi connectivity index (χ2v) is 6.62. The normalized spacial score (nSPS) is 25.5. The Balaban J connectivity index is 2.13. The maximum atomic E-state index is 11.5. The highest BCUT2D eigenvalue weighted by Crippen LogP contribution is 2.45. The van der Waals surface area contributed by atoms with Crippen LogP contribution in [0.4, 0.5) is 0 Å². The van der Waals surface area contributed by atoms with Crippen LogP contribution in [-0.2, 0) is 10.3 Å². The zero-order valence-electron chi connectivity index (χ0n) is 14.2. The van der Waals surface area contributed by atoms with Crippen LogP contribution < -0.4 is 0 Å². The number of likely N-dealkylation sites (N-methyl/N-ethyl adjacent to an activating group) is 1. The van der Waals surface area contributed by atoms with Gasteiger partial charge in [0.15, 0.2) is 0 Å². The number of carboxylic acids is 1. The van der Waals surface area contributed by atoms with Gasteiger partial charge in [0.25, 0.3) is 0 Å². The van der Waals surface area contributed by atoms with Crippen LogP contribution >= 0.6 is 0 Å². The van der Waals surface area contributed by atoms with Crippen molar-refractivity contribution in [1.29, 1.82) is 0 Å². The van der Waals surface area contributed by atoms with Crippen LogP contribution in [0.1, 0.15) is 24.1 Å². The molecule has 1 fully saturated rings. The minimum atomic E-state index is -0.784. The molecular formula is C20H24N2O2. The molecule has 0 saturated carbocycles. The first-order chi connectivity index (χ1) is 11.5. The lowest BCUT2D eigenvalue weighted by Gasteiger charge is -2.54. The average Bonchev–Trinajstić information content (AvgIpc) is 2.59. The van der Waals surface area contributed by atoms with Gasteiger partial charge in [0, 0.05) is 13.1 Å². The standard InChI is InChI=1S/C20H24N2O2/c1-20(17-11-7-4-8-12-17)19(16-9-5-3-6-10-16)21(2)13-14-22(20)15-18(23)24/h3-12,19H,13-15H2,1-2H3,(H,23,24). The summed E-state index contributed by atoms with van der Waals surface area (Å²) < 4.78 is 0. The topological polar surface area (TPSA) is 43.8 Å². The van der Waals surface area contributed by atoms with Crippen LogP contribution in [0.15, 0.2) is 60.7 Å². The van der Waals surface area contributed by atoms with Gasteiger partial charge in [-0.05, 0) is 25.1 Å². The molecule has 24 heavy (non-hydrogen) atoms. The van der Waals surface area contributed by atoms with E-state index < -0.39 is 11.5 Å². The minimum absolute atomic E-state index is 0.0442. The summed E-state index contributed by atoms with van der Waals surface area (Å²) in [6.45, 7) is 3.79. The molecule has 0 radical (unpaired) electrons. The van der Waals surface area contributed by atoms with Crippen LogP contribution in [0.2, 0.25) is 0 Å². The van der Waals surface area contributed by atoms with Crippen molar-refractivity contribution < 1.29 is 9.90 Å². The van der Waals surface area contributed by atoms with Gasteiger partial charge >= 0.3 is 5.97 Å². The molecule has 0 spiro atoms. The van der Waals surface area contributed by atoms with E-state index in [1.807, 2.05) is 36.4 Å². The average molecular weight is 324 g/mol. The van der Waals surface area contributed by atoms with Crippen LogP contribution in [0.25, 0.3) is 0 Å². The van der Waals surface area contributed by atoms with Gasteiger partial charge in [-0.15, -0.1) is 0 Å². The highest BCUT2D eigenvalue weighted by molar-refractivity contribution is 5.69. The molecule has 1 heterocycles. The quantitative estimate of drug-likeness (QED) is 0.939. The lowest BCUT2D eigenvalue weighted by Crippen LogP contribution is -2.60. The van der Waals surface area contributed by atoms with Crippen molar-refractivity contribution in [2.75, 3.05) is 26.7 Å². The molecule has 0 bridgehead atoms. The fourth-order valence-electron chi connectivity index (χ4n) is 3.98. The van der Waals surface area contributed by atoms with Crippen molar-refractivity contribution >= 4 is 5.97 Å². The molecule has 3 rings (SSSR count). The van der Waals surface area contributed by atoms with E-state index in [2.05, 4.69) is 48.0 Å². The fourth-order valence-corrected chi connectivity index (χ4v) is 3.98. The first-order valence-electron chi connectivity index (χ1n) is 8.31. The molecule has 2 aromatic rings. The van der Waals surface area contributed by atoms with E-state index in [0.29, 0.717) is 0 Å². The molecular weight excluding hydrogens is 300 g/mol. The highest BCUT2D eigenvalue weighted by atomic mass is 16.4. The third kappa shape index (κ3) is 2.95. The van der Waals surface area contributed by atoms with Gasteiger partial charge in [-0.2, -0.15) is 0 Å². The Morgan fingerprint density at radius 3 is 2.25 bits per heavy atom. The summed E-state index contributed by atoms with van der Waals surface area (Å²) >= 11 is 0. The number of hydrogen-bond donors (Lipinski definition) is 1. The Morgan fingerprint density at radius 1 is 1.08 bits per heavy atom. The van der Waals surface area contributed by atoms with Gasteiger partial charge in [0.2, 0.25) is 0 Å². The smallest absolute Gasteiger partial charge is 0.317 e. The van der Waals surface area contributed by atoms with Crippen molar-refractivity contribution in [3.8, 4) is 0 Å². The van der Waals surface area contributed by atoms with E-state index in [1.54, 1.807) is 0 Å². The molecule has 126 valence electrons. The molecule has 0 amide bonds. The first kappa shape index (κ1) is 16.7. The lowest BCUT2D eigenvalue weighted by molar-refractivity contribution is -0.143. The van der Waals surface area contributed by atoms with Gasteiger partial charge in [-0.1, -0.05) is 60.7 Å². The number of rotatable bonds is 4. The maximum Gasteiger partial charge on any atom is 0.317 e. The van der Waals surface area contributed by atoms with E-state index >= 15 is 0 Å². The van der Waals surface area contributed by atoms with Crippen LogP contribution in [0.3, 0.4) is 0 Å². The summed E-state index contributed by atoms with van der Waals surface area (Å²) in [5, 5.41) is 9.41. The van der Waals surface area contributed by atoms with Crippen LogP contribution in [0, 0.1) is 0 Å². The molecule has 4 nitrogen and oxygen atoms in total. The van der Waals surface area contributed by atoms with E-state index in [4.69, 9.17) is 0 Å². The summed E-state index contributed by atoms with van der Waals surface area (Å²) in [4.78, 5) is 15.9. The van der Waals surface area contributed by atoms with Crippen LogP contribution in [0.5, 0.6) is 0 Å². The third-order valence-corrected chi connectivity index (χ3v) is 5.15. The summed E-state index contributed by atoms with van der Waals surface area (Å²) in [6.07, 6.45) is 0. The van der Waals surface area contributed by atoms with Crippen molar-refractivity contribution in [3.05, 3.63) is 71.8 Å². The number of nitrogens with zero attached hydrogens (tertiary/aromatic N) is 2. The predicted octanol–water partition coefficient (Wildman–Crippen LogP) is 2.98. The molecule has 0 aromatic heterocycles. The Hall–Kier alpha value is -2.17. The second kappa shape index (κ2) is 6.75. The maximum absolute atomic E-state index is 11.5. The number of benzene rings is 2. The van der Waals surface area contributed by atoms with Gasteiger partial charge in [-0.3, -0.25) is 14.6 Å². The van der Waals surface area contributed by atoms with E-state index in [0.717, 1.165) is 18.7 Å². The van der Waals surface area contributed by atoms with Gasteiger partial charge in [-0.25, -0.2) is 0 Å². The Bertz CT molecular complexity index is 689. The predicted molar refractivity (Wildman–Crippen MR) is 94.8 cm³/mol. The molecule has 2 aromatic carbocycles. The van der Waals surface area contributed by atoms with Crippen molar-refractivity contribution in [3.63, 3.8) is 0 Å². The lowest BCUT2D eigenvalue weighted by atomic mass is 9.77. The summed E-state index contributed by atoms with van der Waals surface area (Å²) in [7, 11) is 2.12. The largest absolute Gasteiger partial charge is 0.480 e. The van der Waals surface area contributed by atoms with Crippen molar-refractivity contribution in [1.82, 2.24) is 9.80 Å². The summed E-state index contributed by atoms with van der Waals surface area (Å²) in [6, 6.07) is 20.7. The molecule has 1 saturated heterocycles. The van der Waals surface area contributed by atoms with E-state index in [1.165, 1.54) is 5.56 Å². The fraction of sp³-hybridized carbons (Fsp3) is 0.350. The highest BCUT2D eigenvalue weighted by Gasteiger charge is 2.47. The van der Waals surface area contributed by atoms with Gasteiger partial charge in [0.1, 0.15) is 0 Å². The number of carboxylic acid groups (broad SMARTS) is 1. The number of piperazine rings is 1. The number of carbonyl (C=O) groups is 1. The number of hydrogen-bond acceptors (Lipinski definition) is 3. The Labute approximate surface area is 143 Å². The van der Waals surface area contributed by atoms with Crippen LogP contribution in [-0.4, -0.2) is 47.6 Å². The Kier molecular flexibility index (Phi) is 4.69. The zero-order chi connectivity index (χ0) is 17.2. The van der Waals surface area contributed by atoms with Crippen molar-refractivity contribution in [2.45, 2.75) is 18.5 Å². The molecule has 1 aliphatic rings. The van der Waals surface area contributed by atoms with Gasteiger partial charge in [0.05, 0.1) is 18.1 Å². The monoisotopic (exact) mass is 324 g/mol. The summed E-state index contributed by atoms with van der Waals surface area (Å²) in [5.74, 6) is -0.784. The third-order valence-electron chi connectivity index (χ3n) is 5.15. The first-order valence-corrected chi connectivity index (χ1v) is 8.31. The van der Waals surface area contributed by atoms with E-state index in [9.17, 15) is 9.90 Å². The van der Waals surface area contributed by atoms with Gasteiger partial charge < -0.3 is 5.11 Å². The zero-order valence-corrected chi connectivity index (χ0v) is 14.2. The van der Waals surface area contributed by atoms with E-state index in [-0.39, 0.29) is 12.6 Å². The van der Waals surface area contributed by atoms with Crippen molar-refractivity contribution in [2.24, 2.45) is 0 Å². The summed E-state index contributed by atoms with van der Waals surface area (Å²) in [5.41, 5.74) is 1.95. The SMILES string of the molecule is CN1CCN(CC(=O)O)C(C)(c2ccccc2)C1c1ccccc1. The molecule has 1 aliphatic heterocycles.